The predicted octanol–water partition coefficient (Wildman–Crippen LogP) is 0.205. The molecule has 6 heterocycles. The first-order valence-electron chi connectivity index (χ1n) is 27.7. The second-order valence-corrected chi connectivity index (χ2v) is 22.8. The smallest absolute Gasteiger partial charge is 0.330 e. The number of aliphatic hydroxyl groups is 6. The van der Waals surface area contributed by atoms with E-state index >= 15 is 14.4 Å². The molecule has 0 aliphatic carbocycles. The number of carboxylic acids is 1. The number of aliphatic hydroxyl groups excluding tert-OH is 6. The number of aliphatic carboxylic acids is 1. The van der Waals surface area contributed by atoms with Crippen molar-refractivity contribution in [2.75, 3.05) is 13.7 Å². The fourth-order valence-corrected chi connectivity index (χ4v) is 11.1. The van der Waals surface area contributed by atoms with Crippen LogP contribution in [-0.4, -0.2) is 157 Å². The molecule has 1 saturated heterocycles. The summed E-state index contributed by atoms with van der Waals surface area (Å²) in [7, 11) is 1.23. The minimum Gasteiger partial charge on any atom is -0.507 e. The van der Waals surface area contributed by atoms with Crippen LogP contribution in [0.2, 0.25) is 10.0 Å². The largest absolute Gasteiger partial charge is 0.507 e. The molecule has 11 bridgehead atoms. The lowest BCUT2D eigenvalue weighted by atomic mass is 9.89. The molecule has 14 atom stereocenters. The van der Waals surface area contributed by atoms with Gasteiger partial charge in [0.05, 0.1) is 36.2 Å². The van der Waals surface area contributed by atoms with Crippen LogP contribution in [0.4, 0.5) is 0 Å². The molecule has 0 unspecified atom stereocenters. The van der Waals surface area contributed by atoms with E-state index in [9.17, 15) is 64.8 Å². The fraction of sp³-hybridized carbons (Fsp3) is 0.356. The van der Waals surface area contributed by atoms with Gasteiger partial charge in [0.1, 0.15) is 89.8 Å². The summed E-state index contributed by atoms with van der Waals surface area (Å²) in [5, 5.41) is 104. The Morgan fingerprint density at radius 2 is 1.29 bits per heavy atom. The van der Waals surface area contributed by atoms with E-state index in [1.165, 1.54) is 49.6 Å². The number of rotatable bonds is 11. The van der Waals surface area contributed by atoms with Crippen LogP contribution in [0.1, 0.15) is 84.8 Å². The molecule has 1 fully saturated rings. The van der Waals surface area contributed by atoms with E-state index in [1.54, 1.807) is 13.8 Å². The number of carbonyl (C=O) groups is 8. The highest BCUT2D eigenvalue weighted by molar-refractivity contribution is 6.32. The molecule has 5 aromatic carbocycles. The number of carboxylic acid groups (broad SMARTS) is 1. The molecule has 18 N–H and O–H groups in total. The standard InChI is InChI=1S/C59H62Cl2N8O21/c1-21(2)13-30(62)52(78)68-44-46(73)23-8-11-33(28(60)15-23)87-36-17-25-18-37(51(36)90-59-50(77)49(76)48(75)38(20-70)89-59)88-34-12-9-24(16-29(34)61)47(74)45-57(83)67-43(58(84)85)26-5-4-6-35(86-3)40(26)27-14-22(7-10-32(27)71)41(54(80)69-45)66-55(81)42(25)65-53(79)31(19-39(63)72)64-56(44)82/h4-12,14-18,21,30-31,38,41-50,59,70-71,73-77H,13,19-20,62H2,1-3H3,(H2,63,72)(H,64,82)(H,65,79)(H,66,81)(H,67,83)(H,68,78)(H,69,80)(H,84,85)/t30-,31+,38-,41-,42-,43+,44-,45+,46-,47-,48-,49+,50-,59+/m1/s1. The quantitative estimate of drug-likeness (QED) is 0.0840. The molecule has 90 heavy (non-hydrogen) atoms. The van der Waals surface area contributed by atoms with E-state index in [1.807, 2.05) is 0 Å². The maximum Gasteiger partial charge on any atom is 0.330 e. The van der Waals surface area contributed by atoms with Crippen LogP contribution >= 0.6 is 23.2 Å². The van der Waals surface area contributed by atoms with Crippen LogP contribution in [0.5, 0.6) is 40.2 Å². The van der Waals surface area contributed by atoms with Crippen LogP contribution in [0.15, 0.2) is 84.9 Å². The zero-order chi connectivity index (χ0) is 65.3. The molecule has 29 nitrogen and oxygen atoms in total. The number of halogens is 2. The van der Waals surface area contributed by atoms with Crippen LogP contribution in [0.25, 0.3) is 11.1 Å². The number of fused-ring (bicyclic) bond motifs is 15. The van der Waals surface area contributed by atoms with Gasteiger partial charge in [-0.1, -0.05) is 67.4 Å². The molecule has 0 spiro atoms. The molecule has 5 aromatic rings. The molecule has 0 saturated carbocycles. The van der Waals surface area contributed by atoms with Crippen molar-refractivity contribution in [3.05, 3.63) is 123 Å². The number of carbonyl (C=O) groups excluding carboxylic acids is 7. The number of nitrogens with one attached hydrogen (secondary N) is 6. The average molecular weight is 1290 g/mol. The minimum absolute atomic E-state index is 0.0557. The van der Waals surface area contributed by atoms with Crippen molar-refractivity contribution in [1.82, 2.24) is 31.9 Å². The third-order valence-electron chi connectivity index (χ3n) is 15.2. The molecule has 6 aliphatic heterocycles. The molecule has 0 aromatic heterocycles. The van der Waals surface area contributed by atoms with Crippen molar-refractivity contribution in [3.63, 3.8) is 0 Å². The third kappa shape index (κ3) is 13.6. The van der Waals surface area contributed by atoms with E-state index < -0.39 is 174 Å². The predicted molar refractivity (Wildman–Crippen MR) is 311 cm³/mol. The fourth-order valence-electron chi connectivity index (χ4n) is 10.6. The summed E-state index contributed by atoms with van der Waals surface area (Å²) >= 11 is 13.9. The first kappa shape index (κ1) is 65.6. The summed E-state index contributed by atoms with van der Waals surface area (Å²) in [6, 6.07) is 2.60. The van der Waals surface area contributed by atoms with Gasteiger partial charge in [-0.15, -0.1) is 0 Å². The third-order valence-corrected chi connectivity index (χ3v) is 15.8. The lowest BCUT2D eigenvalue weighted by Crippen LogP contribution is -2.60. The summed E-state index contributed by atoms with van der Waals surface area (Å²) in [5.74, 6) is -13.8. The number of nitrogens with two attached hydrogens (primary N) is 2. The van der Waals surface area contributed by atoms with E-state index in [-0.39, 0.29) is 73.0 Å². The lowest BCUT2D eigenvalue weighted by molar-refractivity contribution is -0.277. The maximum atomic E-state index is 15.8. The molecule has 11 rings (SSSR count). The van der Waals surface area contributed by atoms with E-state index in [2.05, 4.69) is 31.9 Å². The summed E-state index contributed by atoms with van der Waals surface area (Å²) < 4.78 is 30.5. The van der Waals surface area contributed by atoms with Gasteiger partial charge in [-0.25, -0.2) is 4.79 Å². The van der Waals surface area contributed by atoms with Gasteiger partial charge in [-0.2, -0.15) is 0 Å². The van der Waals surface area contributed by atoms with Gasteiger partial charge in [0, 0.05) is 11.1 Å². The van der Waals surface area contributed by atoms with Crippen LogP contribution in [-0.2, 0) is 43.1 Å². The Kier molecular flexibility index (Phi) is 19.7. The number of phenolic OH excluding ortho intramolecular Hbond substituents is 1. The Bertz CT molecular complexity index is 3670. The van der Waals surface area contributed by atoms with Crippen molar-refractivity contribution in [3.8, 4) is 51.4 Å². The monoisotopic (exact) mass is 1290 g/mol. The van der Waals surface area contributed by atoms with E-state index in [4.69, 9.17) is 58.4 Å². The van der Waals surface area contributed by atoms with E-state index in [0.717, 1.165) is 42.5 Å². The Morgan fingerprint density at radius 1 is 0.689 bits per heavy atom. The van der Waals surface area contributed by atoms with E-state index in [0.29, 0.717) is 0 Å². The second kappa shape index (κ2) is 27.1. The summed E-state index contributed by atoms with van der Waals surface area (Å²) in [4.78, 5) is 115. The van der Waals surface area contributed by atoms with Gasteiger partial charge in [0.25, 0.3) is 0 Å². The van der Waals surface area contributed by atoms with Crippen LogP contribution in [0.3, 0.4) is 0 Å². The Labute approximate surface area is 520 Å². The normalized spacial score (nSPS) is 26.4. The number of ether oxygens (including phenoxy) is 5. The highest BCUT2D eigenvalue weighted by Crippen LogP contribution is 2.49. The van der Waals surface area contributed by atoms with Crippen molar-refractivity contribution in [1.29, 1.82) is 0 Å². The van der Waals surface area contributed by atoms with Gasteiger partial charge < -0.3 is 108 Å². The molecule has 7 amide bonds. The highest BCUT2D eigenvalue weighted by Gasteiger charge is 2.47. The number of phenols is 1. The zero-order valence-corrected chi connectivity index (χ0v) is 49.2. The number of hydrogen-bond acceptors (Lipinski definition) is 21. The molecular weight excluding hydrogens is 1230 g/mol. The number of benzene rings is 5. The van der Waals surface area contributed by atoms with Gasteiger partial charge in [0.15, 0.2) is 17.5 Å². The number of hydrogen-bond donors (Lipinski definition) is 16. The zero-order valence-electron chi connectivity index (χ0n) is 47.7. The minimum atomic E-state index is -2.27. The first-order chi connectivity index (χ1) is 42.7. The van der Waals surface area contributed by atoms with Gasteiger partial charge in [-0.3, -0.25) is 33.6 Å². The Balaban J connectivity index is 1.32. The summed E-state index contributed by atoms with van der Waals surface area (Å²) in [5.41, 5.74) is 10.3. The van der Waals surface area contributed by atoms with Gasteiger partial charge >= 0.3 is 5.97 Å². The van der Waals surface area contributed by atoms with Crippen molar-refractivity contribution in [2.24, 2.45) is 17.4 Å². The van der Waals surface area contributed by atoms with Crippen molar-refractivity contribution in [2.45, 2.75) is 112 Å². The maximum absolute atomic E-state index is 15.8. The van der Waals surface area contributed by atoms with Crippen molar-refractivity contribution >= 4 is 70.5 Å². The number of amides is 7. The number of primary amides is 1. The molecule has 6 aliphatic rings. The van der Waals surface area contributed by atoms with Crippen molar-refractivity contribution < 1.29 is 103 Å². The first-order valence-corrected chi connectivity index (χ1v) is 28.5. The number of aromatic hydroxyl groups is 1. The SMILES string of the molecule is COc1cccc2c1-c1cc(ccc1O)[C@H]1NC(=O)[C@@H]3NC(=O)[C@H](CC(N)=O)NC(=O)[C@H](NC(=O)[C@H](N)CC(C)C)[C@H](O)c4ccc(c(Cl)c4)Oc4cc3cc(c4O[C@@H]3O[C@H](CO)[C@@H](O)[C@H](O)[C@H]3O)Oc3ccc(cc3Cl)[C@@H](O)[C@H](NC1=O)C(=O)N[C@@H]2C(=O)O. The second-order valence-electron chi connectivity index (χ2n) is 21.9. The lowest BCUT2D eigenvalue weighted by Gasteiger charge is -2.39. The summed E-state index contributed by atoms with van der Waals surface area (Å²) in [6.45, 7) is 2.60. The van der Waals surface area contributed by atoms with Gasteiger partial charge in [0.2, 0.25) is 53.4 Å². The molecule has 31 heteroatoms. The van der Waals surface area contributed by atoms with Gasteiger partial charge in [-0.05, 0) is 94.8 Å². The average Bonchev–Trinajstić information content (AvgIpc) is 0.851. The summed E-state index contributed by atoms with van der Waals surface area (Å²) in [6.07, 6.45) is -14.8. The molecular formula is C59H62Cl2N8O21. The molecule has 0 radical (unpaired) electrons. The Morgan fingerprint density at radius 3 is 1.88 bits per heavy atom. The highest BCUT2D eigenvalue weighted by atomic mass is 35.5. The molecule has 478 valence electrons. The topological polar surface area (TPSA) is 469 Å². The van der Waals surface area contributed by atoms with Crippen LogP contribution < -0.4 is 62.3 Å². The Hall–Kier alpha value is -8.88. The van der Waals surface area contributed by atoms with Crippen LogP contribution in [0, 0.1) is 5.92 Å². The number of methoxy groups -OCH3 is 1.